The fourth-order valence-corrected chi connectivity index (χ4v) is 5.21. The number of fused-ring (bicyclic) bond motifs is 2. The molecule has 0 bridgehead atoms. The molecule has 0 fully saturated rings. The maximum Gasteiger partial charge on any atom is 0.295 e. The smallest absolute Gasteiger partial charge is 0.295 e. The molecule has 1 aromatic heterocycles. The molecule has 0 spiro atoms. The van der Waals surface area contributed by atoms with Crippen LogP contribution in [0.2, 0.25) is 0 Å². The zero-order chi connectivity index (χ0) is 28.4. The van der Waals surface area contributed by atoms with Crippen LogP contribution in [0.1, 0.15) is 34.5 Å². The van der Waals surface area contributed by atoms with Gasteiger partial charge in [-0.15, -0.1) is 10.2 Å². The van der Waals surface area contributed by atoms with Gasteiger partial charge in [-0.1, -0.05) is 18.2 Å². The summed E-state index contributed by atoms with van der Waals surface area (Å²) in [6.45, 7) is 3.33. The number of ether oxygens (including phenoxy) is 4. The number of carbonyl (C=O) groups excluding carboxylic acids is 1. The summed E-state index contributed by atoms with van der Waals surface area (Å²) in [4.78, 5) is 15.1. The summed E-state index contributed by atoms with van der Waals surface area (Å²) >= 11 is 0. The van der Waals surface area contributed by atoms with Crippen LogP contribution in [0.3, 0.4) is 0 Å². The summed E-state index contributed by atoms with van der Waals surface area (Å²) in [5.74, 6) is 1.69. The third kappa shape index (κ3) is 4.82. The van der Waals surface area contributed by atoms with E-state index in [0.29, 0.717) is 35.1 Å². The van der Waals surface area contributed by atoms with Gasteiger partial charge in [0.1, 0.15) is 0 Å². The lowest BCUT2D eigenvalue weighted by Gasteiger charge is -2.36. The van der Waals surface area contributed by atoms with Gasteiger partial charge >= 0.3 is 0 Å². The SMILES string of the molecule is COc1ccc(C(=O)N=Nc2c(O)n(CN3CCc4cc(OC)c(OC)cc4[C@H]3C)c3ccccc23)cc1OC. The van der Waals surface area contributed by atoms with Gasteiger partial charge in [-0.3, -0.25) is 14.3 Å². The minimum Gasteiger partial charge on any atom is -0.493 e. The maximum absolute atomic E-state index is 12.8. The summed E-state index contributed by atoms with van der Waals surface area (Å²) in [6, 6.07) is 16.4. The third-order valence-corrected chi connectivity index (χ3v) is 7.42. The number of rotatable bonds is 8. The summed E-state index contributed by atoms with van der Waals surface area (Å²) < 4.78 is 23.3. The van der Waals surface area contributed by atoms with Crippen molar-refractivity contribution in [2.24, 2.45) is 10.2 Å². The van der Waals surface area contributed by atoms with Crippen LogP contribution in [0.15, 0.2) is 64.8 Å². The van der Waals surface area contributed by atoms with Gasteiger partial charge in [0.05, 0.1) is 40.6 Å². The average Bonchev–Trinajstić information content (AvgIpc) is 3.26. The van der Waals surface area contributed by atoms with E-state index in [0.717, 1.165) is 24.0 Å². The molecule has 1 N–H and O–H groups in total. The molecule has 0 aliphatic carbocycles. The summed E-state index contributed by atoms with van der Waals surface area (Å²) in [7, 11) is 6.29. The highest BCUT2D eigenvalue weighted by molar-refractivity contribution is 5.97. The van der Waals surface area contributed by atoms with E-state index in [1.54, 1.807) is 37.0 Å². The molecule has 40 heavy (non-hydrogen) atoms. The normalized spacial score (nSPS) is 15.3. The number of azo groups is 1. The highest BCUT2D eigenvalue weighted by Gasteiger charge is 2.28. The number of hydrogen-bond donors (Lipinski definition) is 1. The van der Waals surface area contributed by atoms with Crippen LogP contribution in [0, 0.1) is 0 Å². The van der Waals surface area contributed by atoms with Crippen molar-refractivity contribution in [2.75, 3.05) is 35.0 Å². The maximum atomic E-state index is 12.8. The fraction of sp³-hybridized carbons (Fsp3) is 0.300. The van der Waals surface area contributed by atoms with E-state index >= 15 is 0 Å². The number of hydrogen-bond acceptors (Lipinski definition) is 8. The first-order valence-corrected chi connectivity index (χ1v) is 12.9. The predicted molar refractivity (Wildman–Crippen MR) is 150 cm³/mol. The predicted octanol–water partition coefficient (Wildman–Crippen LogP) is 5.88. The molecular formula is C30H32N4O6. The van der Waals surface area contributed by atoms with Crippen molar-refractivity contribution in [3.05, 3.63) is 71.3 Å². The van der Waals surface area contributed by atoms with Crippen molar-refractivity contribution in [3.8, 4) is 28.9 Å². The van der Waals surface area contributed by atoms with Gasteiger partial charge in [0.25, 0.3) is 5.91 Å². The minimum absolute atomic E-state index is 0.0563. The molecule has 1 atom stereocenters. The van der Waals surface area contributed by atoms with E-state index in [2.05, 4.69) is 22.1 Å². The topological polar surface area (TPSA) is 107 Å². The van der Waals surface area contributed by atoms with E-state index in [1.165, 1.54) is 19.8 Å². The summed E-state index contributed by atoms with van der Waals surface area (Å²) in [5, 5.41) is 20.1. The first-order valence-electron chi connectivity index (χ1n) is 12.9. The zero-order valence-electron chi connectivity index (χ0n) is 23.2. The van der Waals surface area contributed by atoms with Gasteiger partial charge < -0.3 is 24.1 Å². The Hall–Kier alpha value is -4.57. The van der Waals surface area contributed by atoms with Crippen molar-refractivity contribution in [2.45, 2.75) is 26.1 Å². The Morgan fingerprint density at radius 3 is 2.33 bits per heavy atom. The Morgan fingerprint density at radius 2 is 1.60 bits per heavy atom. The van der Waals surface area contributed by atoms with Crippen LogP contribution < -0.4 is 18.9 Å². The molecule has 10 heteroatoms. The first-order chi connectivity index (χ1) is 19.4. The molecule has 1 amide bonds. The number of nitrogens with zero attached hydrogens (tertiary/aromatic N) is 4. The molecule has 0 unspecified atom stereocenters. The van der Waals surface area contributed by atoms with E-state index in [4.69, 9.17) is 18.9 Å². The third-order valence-electron chi connectivity index (χ3n) is 7.42. The van der Waals surface area contributed by atoms with Gasteiger partial charge in [0.15, 0.2) is 28.7 Å². The van der Waals surface area contributed by atoms with Gasteiger partial charge in [0, 0.05) is 23.5 Å². The Bertz CT molecular complexity index is 1600. The number of benzene rings is 3. The summed E-state index contributed by atoms with van der Waals surface area (Å²) in [5.41, 5.74) is 3.68. The van der Waals surface area contributed by atoms with E-state index in [9.17, 15) is 9.90 Å². The Labute approximate surface area is 232 Å². The summed E-state index contributed by atoms with van der Waals surface area (Å²) in [6.07, 6.45) is 0.826. The molecule has 1 aliphatic rings. The number of aromatic hydroxyl groups is 1. The lowest BCUT2D eigenvalue weighted by molar-refractivity contribution is 0.0994. The second-order valence-corrected chi connectivity index (χ2v) is 9.48. The lowest BCUT2D eigenvalue weighted by atomic mass is 9.93. The number of amides is 1. The van der Waals surface area contributed by atoms with Crippen LogP contribution in [0.5, 0.6) is 28.9 Å². The Balaban J connectivity index is 1.45. The van der Waals surface area contributed by atoms with Gasteiger partial charge in [-0.2, -0.15) is 0 Å². The molecule has 5 rings (SSSR count). The first kappa shape index (κ1) is 27.0. The van der Waals surface area contributed by atoms with Gasteiger partial charge in [-0.05, 0) is 60.9 Å². The number of methoxy groups -OCH3 is 4. The molecular weight excluding hydrogens is 512 g/mol. The number of para-hydroxylation sites is 1. The number of carbonyl (C=O) groups is 1. The molecule has 0 saturated heterocycles. The van der Waals surface area contributed by atoms with Gasteiger partial charge in [-0.25, -0.2) is 0 Å². The molecule has 2 heterocycles. The molecule has 208 valence electrons. The lowest BCUT2D eigenvalue weighted by Crippen LogP contribution is -2.35. The quantitative estimate of drug-likeness (QED) is 0.276. The molecule has 4 aromatic rings. The fourth-order valence-electron chi connectivity index (χ4n) is 5.21. The van der Waals surface area contributed by atoms with Crippen LogP contribution in [-0.2, 0) is 13.1 Å². The zero-order valence-corrected chi connectivity index (χ0v) is 23.2. The largest absolute Gasteiger partial charge is 0.493 e. The monoisotopic (exact) mass is 544 g/mol. The highest BCUT2D eigenvalue weighted by Crippen LogP contribution is 2.42. The van der Waals surface area contributed by atoms with Crippen LogP contribution in [0.4, 0.5) is 5.69 Å². The van der Waals surface area contributed by atoms with Crippen LogP contribution >= 0.6 is 0 Å². The highest BCUT2D eigenvalue weighted by atomic mass is 16.5. The second kappa shape index (κ2) is 11.3. The average molecular weight is 545 g/mol. The van der Waals surface area contributed by atoms with E-state index in [1.807, 2.05) is 36.4 Å². The number of aromatic nitrogens is 1. The van der Waals surface area contributed by atoms with Crippen molar-refractivity contribution in [1.82, 2.24) is 9.47 Å². The molecule has 0 saturated carbocycles. The van der Waals surface area contributed by atoms with Crippen LogP contribution in [0.25, 0.3) is 10.9 Å². The van der Waals surface area contributed by atoms with E-state index in [-0.39, 0.29) is 23.2 Å². The Morgan fingerprint density at radius 1 is 0.925 bits per heavy atom. The van der Waals surface area contributed by atoms with E-state index < -0.39 is 5.91 Å². The molecule has 10 nitrogen and oxygen atoms in total. The standard InChI is InChI=1S/C30H32N4O6/c1-18-22-16-27(40-5)26(39-4)14-19(22)12-13-33(18)17-34-23-9-7-6-8-21(23)28(30(34)36)31-32-29(35)20-10-11-24(37-2)25(15-20)38-3/h6-11,14-16,18,36H,12-13,17H2,1-5H3/t18-/m1/s1. The van der Waals surface area contributed by atoms with Crippen molar-refractivity contribution >= 4 is 22.5 Å². The Kier molecular flexibility index (Phi) is 7.61. The molecule has 1 aliphatic heterocycles. The molecule has 0 radical (unpaired) electrons. The van der Waals surface area contributed by atoms with Crippen molar-refractivity contribution in [3.63, 3.8) is 0 Å². The van der Waals surface area contributed by atoms with Crippen molar-refractivity contribution in [1.29, 1.82) is 0 Å². The van der Waals surface area contributed by atoms with Gasteiger partial charge in [0.2, 0.25) is 5.88 Å². The minimum atomic E-state index is -0.567. The van der Waals surface area contributed by atoms with Crippen LogP contribution in [-0.4, -0.2) is 55.5 Å². The second-order valence-electron chi connectivity index (χ2n) is 9.48. The molecule has 3 aromatic carbocycles. The van der Waals surface area contributed by atoms with Crippen molar-refractivity contribution < 1.29 is 28.8 Å².